The summed E-state index contributed by atoms with van der Waals surface area (Å²) >= 11 is 1.57. The van der Waals surface area contributed by atoms with Gasteiger partial charge in [-0.1, -0.05) is 23.9 Å². The van der Waals surface area contributed by atoms with E-state index >= 15 is 0 Å². The molecule has 0 spiro atoms. The van der Waals surface area contributed by atoms with Gasteiger partial charge in [-0.15, -0.1) is 0 Å². The molecule has 3 aromatic rings. The quantitative estimate of drug-likeness (QED) is 0.536. The molecule has 3 rings (SSSR count). The van der Waals surface area contributed by atoms with Crippen molar-refractivity contribution >= 4 is 29.4 Å². The molecular weight excluding hydrogens is 312 g/mol. The lowest BCUT2D eigenvalue weighted by atomic mass is 10.2. The van der Waals surface area contributed by atoms with E-state index in [-0.39, 0.29) is 5.91 Å². The molecule has 0 aliphatic carbocycles. The largest absolute Gasteiger partial charge is 0.465 e. The van der Waals surface area contributed by atoms with Gasteiger partial charge in [0.1, 0.15) is 12.1 Å². The van der Waals surface area contributed by atoms with Crippen molar-refractivity contribution in [3.63, 3.8) is 0 Å². The van der Waals surface area contributed by atoms with Crippen LogP contribution in [0.5, 0.6) is 0 Å². The predicted octanol–water partition coefficient (Wildman–Crippen LogP) is 3.34. The molecule has 116 valence electrons. The summed E-state index contributed by atoms with van der Waals surface area (Å²) in [7, 11) is 0. The molecular formula is C16H14N4O2S. The summed E-state index contributed by atoms with van der Waals surface area (Å²) in [5.41, 5.74) is 1.88. The van der Waals surface area contributed by atoms with Crippen LogP contribution in [0.2, 0.25) is 0 Å². The molecule has 0 aliphatic rings. The van der Waals surface area contributed by atoms with Crippen LogP contribution in [-0.2, 0) is 10.5 Å². The first kappa shape index (κ1) is 15.1. The number of aromatic amines is 1. The molecule has 1 amide bonds. The monoisotopic (exact) mass is 326 g/mol. The van der Waals surface area contributed by atoms with E-state index < -0.39 is 0 Å². The Morgan fingerprint density at radius 2 is 2.17 bits per heavy atom. The number of anilines is 1. The Kier molecular flexibility index (Phi) is 4.90. The van der Waals surface area contributed by atoms with Gasteiger partial charge in [-0.3, -0.25) is 9.89 Å². The van der Waals surface area contributed by atoms with Gasteiger partial charge in [0.2, 0.25) is 5.91 Å². The van der Waals surface area contributed by atoms with Gasteiger partial charge < -0.3 is 9.73 Å². The molecule has 1 aromatic carbocycles. The number of H-pyrrole nitrogens is 1. The van der Waals surface area contributed by atoms with Gasteiger partial charge in [-0.05, 0) is 35.9 Å². The summed E-state index contributed by atoms with van der Waals surface area (Å²) in [5.74, 6) is 1.21. The van der Waals surface area contributed by atoms with Crippen molar-refractivity contribution in [1.29, 1.82) is 0 Å². The average Bonchev–Trinajstić information content (AvgIpc) is 3.26. The minimum atomic E-state index is -0.204. The maximum Gasteiger partial charge on any atom is 0.248 e. The lowest BCUT2D eigenvalue weighted by molar-refractivity contribution is -0.111. The van der Waals surface area contributed by atoms with Crippen LogP contribution in [0.1, 0.15) is 11.3 Å². The molecule has 0 radical (unpaired) electrons. The molecule has 2 heterocycles. The molecule has 0 saturated carbocycles. The highest BCUT2D eigenvalue weighted by Crippen LogP contribution is 2.19. The number of aromatic nitrogens is 3. The molecule has 23 heavy (non-hydrogen) atoms. The van der Waals surface area contributed by atoms with Gasteiger partial charge in [0.05, 0.1) is 6.26 Å². The summed E-state index contributed by atoms with van der Waals surface area (Å²) in [6, 6.07) is 11.2. The van der Waals surface area contributed by atoms with Crippen LogP contribution >= 0.6 is 11.8 Å². The van der Waals surface area contributed by atoms with Crippen LogP contribution in [0.3, 0.4) is 0 Å². The highest BCUT2D eigenvalue weighted by atomic mass is 32.2. The summed E-state index contributed by atoms with van der Waals surface area (Å²) in [6.45, 7) is 0. The summed E-state index contributed by atoms with van der Waals surface area (Å²) in [4.78, 5) is 15.9. The van der Waals surface area contributed by atoms with Crippen molar-refractivity contribution in [2.75, 3.05) is 5.32 Å². The topological polar surface area (TPSA) is 83.8 Å². The Balaban J connectivity index is 1.51. The predicted molar refractivity (Wildman–Crippen MR) is 88.8 cm³/mol. The molecule has 0 bridgehead atoms. The lowest BCUT2D eigenvalue weighted by Crippen LogP contribution is -2.07. The van der Waals surface area contributed by atoms with E-state index in [0.717, 1.165) is 22.2 Å². The first-order valence-corrected chi connectivity index (χ1v) is 7.88. The number of thioether (sulfide) groups is 1. The van der Waals surface area contributed by atoms with Crippen LogP contribution in [0.25, 0.3) is 6.08 Å². The zero-order chi connectivity index (χ0) is 15.9. The van der Waals surface area contributed by atoms with E-state index in [1.807, 2.05) is 24.3 Å². The van der Waals surface area contributed by atoms with Crippen molar-refractivity contribution in [2.24, 2.45) is 0 Å². The van der Waals surface area contributed by atoms with Crippen LogP contribution in [0, 0.1) is 0 Å². The van der Waals surface area contributed by atoms with Gasteiger partial charge >= 0.3 is 0 Å². The van der Waals surface area contributed by atoms with Gasteiger partial charge in [0, 0.05) is 17.5 Å². The minimum absolute atomic E-state index is 0.204. The number of carbonyl (C=O) groups excluding carboxylic acids is 1. The third-order valence-electron chi connectivity index (χ3n) is 2.93. The smallest absolute Gasteiger partial charge is 0.248 e. The second-order valence-electron chi connectivity index (χ2n) is 4.61. The number of amides is 1. The fourth-order valence-corrected chi connectivity index (χ4v) is 2.56. The van der Waals surface area contributed by atoms with Crippen molar-refractivity contribution in [1.82, 2.24) is 15.2 Å². The van der Waals surface area contributed by atoms with E-state index in [0.29, 0.717) is 5.76 Å². The summed E-state index contributed by atoms with van der Waals surface area (Å²) in [6.07, 6.45) is 6.11. The normalized spacial score (nSPS) is 11.0. The number of hydrogen-bond acceptors (Lipinski definition) is 5. The number of carbonyl (C=O) groups is 1. The molecule has 0 aliphatic heterocycles. The van der Waals surface area contributed by atoms with Crippen LogP contribution in [0.15, 0.2) is 64.6 Å². The number of hydrogen-bond donors (Lipinski definition) is 2. The van der Waals surface area contributed by atoms with Crippen molar-refractivity contribution in [2.45, 2.75) is 10.9 Å². The average molecular weight is 326 g/mol. The third-order valence-corrected chi connectivity index (χ3v) is 3.88. The number of rotatable bonds is 6. The van der Waals surface area contributed by atoms with Gasteiger partial charge in [-0.25, -0.2) is 4.98 Å². The maximum atomic E-state index is 11.8. The summed E-state index contributed by atoms with van der Waals surface area (Å²) < 4.78 is 5.13. The molecule has 0 atom stereocenters. The molecule has 0 fully saturated rings. The van der Waals surface area contributed by atoms with Crippen molar-refractivity contribution in [3.05, 3.63) is 66.4 Å². The van der Waals surface area contributed by atoms with Gasteiger partial charge in [0.25, 0.3) is 0 Å². The van der Waals surface area contributed by atoms with E-state index in [2.05, 4.69) is 20.5 Å². The first-order valence-electron chi connectivity index (χ1n) is 6.89. The highest BCUT2D eigenvalue weighted by Gasteiger charge is 2.01. The van der Waals surface area contributed by atoms with E-state index in [1.54, 1.807) is 36.2 Å². The Hall–Kier alpha value is -2.80. The van der Waals surface area contributed by atoms with E-state index in [4.69, 9.17) is 4.42 Å². The van der Waals surface area contributed by atoms with Crippen molar-refractivity contribution in [3.8, 4) is 0 Å². The first-order chi connectivity index (χ1) is 11.3. The third kappa shape index (κ3) is 4.58. The second-order valence-corrected chi connectivity index (χ2v) is 5.58. The number of nitrogens with zero attached hydrogens (tertiary/aromatic N) is 2. The second kappa shape index (κ2) is 7.46. The maximum absolute atomic E-state index is 11.8. The van der Waals surface area contributed by atoms with Gasteiger partial charge in [0.15, 0.2) is 5.16 Å². The van der Waals surface area contributed by atoms with Gasteiger partial charge in [-0.2, -0.15) is 5.10 Å². The number of furan rings is 1. The molecule has 6 nitrogen and oxygen atoms in total. The molecule has 2 N–H and O–H groups in total. The molecule has 2 aromatic heterocycles. The fraction of sp³-hybridized carbons (Fsp3) is 0.0625. The molecule has 7 heteroatoms. The number of benzene rings is 1. The van der Waals surface area contributed by atoms with Crippen LogP contribution < -0.4 is 5.32 Å². The summed E-state index contributed by atoms with van der Waals surface area (Å²) in [5, 5.41) is 10.2. The molecule has 0 unspecified atom stereocenters. The van der Waals surface area contributed by atoms with E-state index in [9.17, 15) is 4.79 Å². The van der Waals surface area contributed by atoms with Crippen LogP contribution in [-0.4, -0.2) is 21.1 Å². The Labute approximate surface area is 137 Å². The molecule has 0 saturated heterocycles. The fourth-order valence-electron chi connectivity index (χ4n) is 1.83. The Morgan fingerprint density at radius 3 is 2.87 bits per heavy atom. The zero-order valence-electron chi connectivity index (χ0n) is 12.1. The van der Waals surface area contributed by atoms with Crippen molar-refractivity contribution < 1.29 is 9.21 Å². The lowest BCUT2D eigenvalue weighted by Gasteiger charge is -2.04. The Bertz CT molecular complexity index is 765. The Morgan fingerprint density at radius 1 is 1.30 bits per heavy atom. The van der Waals surface area contributed by atoms with Crippen LogP contribution in [0.4, 0.5) is 5.69 Å². The zero-order valence-corrected chi connectivity index (χ0v) is 12.9. The minimum Gasteiger partial charge on any atom is -0.465 e. The standard InChI is InChI=1S/C16H14N4O2S/c21-15(8-7-14-2-1-9-22-14)19-13-5-3-12(4-6-13)10-23-16-17-11-18-20-16/h1-9,11H,10H2,(H,19,21)(H,17,18,20)/b8-7+. The SMILES string of the molecule is O=C(/C=C/c1ccco1)Nc1ccc(CSc2ncn[nH]2)cc1. The van der Waals surface area contributed by atoms with E-state index in [1.165, 1.54) is 12.4 Å². The highest BCUT2D eigenvalue weighted by molar-refractivity contribution is 7.98. The number of nitrogens with one attached hydrogen (secondary N) is 2.